The molecule has 0 saturated carbocycles. The van der Waals surface area contributed by atoms with E-state index in [4.69, 9.17) is 29.0 Å². The first-order valence-corrected chi connectivity index (χ1v) is 4.53. The molecule has 4 N–H and O–H groups in total. The molecule has 0 atom stereocenters. The number of amides is 1. The van der Waals surface area contributed by atoms with E-state index >= 15 is 0 Å². The van der Waals surface area contributed by atoms with Crippen molar-refractivity contribution >= 4 is 40.5 Å². The fraction of sp³-hybridized carbons (Fsp3) is 0.125. The Kier molecular flexibility index (Phi) is 3.57. The molecular weight excluding hydrogens is 225 g/mol. The van der Waals surface area contributed by atoms with Gasteiger partial charge in [-0.2, -0.15) is 0 Å². The van der Waals surface area contributed by atoms with Crippen molar-refractivity contribution in [1.29, 1.82) is 0 Å². The maximum absolute atomic E-state index is 10.8. The summed E-state index contributed by atoms with van der Waals surface area (Å²) in [4.78, 5) is 10.8. The van der Waals surface area contributed by atoms with Crippen molar-refractivity contribution in [1.82, 2.24) is 0 Å². The van der Waals surface area contributed by atoms with E-state index in [1.807, 2.05) is 0 Å². The Morgan fingerprint density at radius 3 is 2.36 bits per heavy atom. The number of hydrogen-bond donors (Lipinski definition) is 3. The van der Waals surface area contributed by atoms with E-state index in [1.165, 1.54) is 13.0 Å². The predicted octanol–water partition coefficient (Wildman–Crippen LogP) is 2.24. The largest absolute Gasteiger partial charge is 0.325 e. The molecule has 6 heteroatoms. The molecule has 0 aliphatic heterocycles. The van der Waals surface area contributed by atoms with Crippen molar-refractivity contribution in [2.45, 2.75) is 6.92 Å². The molecule has 1 amide bonds. The number of benzene rings is 1. The van der Waals surface area contributed by atoms with E-state index in [0.717, 1.165) is 0 Å². The second kappa shape index (κ2) is 4.50. The van der Waals surface area contributed by atoms with E-state index in [0.29, 0.717) is 21.4 Å². The lowest BCUT2D eigenvalue weighted by Crippen LogP contribution is -2.10. The van der Waals surface area contributed by atoms with Crippen molar-refractivity contribution in [2.24, 2.45) is 5.84 Å². The number of rotatable bonds is 2. The van der Waals surface area contributed by atoms with Gasteiger partial charge in [-0.3, -0.25) is 10.6 Å². The summed E-state index contributed by atoms with van der Waals surface area (Å²) in [5.74, 6) is 5.00. The summed E-state index contributed by atoms with van der Waals surface area (Å²) in [6.45, 7) is 1.39. The van der Waals surface area contributed by atoms with Gasteiger partial charge in [0, 0.05) is 6.92 Å². The number of carbonyl (C=O) groups excluding carboxylic acids is 1. The van der Waals surface area contributed by atoms with Crippen LogP contribution in [0.5, 0.6) is 0 Å². The smallest absolute Gasteiger partial charge is 0.221 e. The zero-order valence-electron chi connectivity index (χ0n) is 7.40. The first kappa shape index (κ1) is 11.1. The van der Waals surface area contributed by atoms with Gasteiger partial charge in [-0.1, -0.05) is 23.2 Å². The molecule has 0 spiro atoms. The van der Waals surface area contributed by atoms with Crippen molar-refractivity contribution in [3.63, 3.8) is 0 Å². The molecule has 14 heavy (non-hydrogen) atoms. The Bertz CT molecular complexity index is 368. The van der Waals surface area contributed by atoms with Crippen LogP contribution in [0.25, 0.3) is 0 Å². The summed E-state index contributed by atoms with van der Waals surface area (Å²) in [5, 5.41) is 3.31. The fourth-order valence-corrected chi connectivity index (χ4v) is 1.43. The van der Waals surface area contributed by atoms with Crippen molar-refractivity contribution in [3.8, 4) is 0 Å². The van der Waals surface area contributed by atoms with Gasteiger partial charge in [0.2, 0.25) is 5.91 Å². The quantitative estimate of drug-likeness (QED) is 0.543. The molecule has 0 radical (unpaired) electrons. The monoisotopic (exact) mass is 233 g/mol. The fourth-order valence-electron chi connectivity index (χ4n) is 0.945. The highest BCUT2D eigenvalue weighted by atomic mass is 35.5. The molecule has 0 bridgehead atoms. The van der Waals surface area contributed by atoms with Gasteiger partial charge in [-0.05, 0) is 12.1 Å². The lowest BCUT2D eigenvalue weighted by Gasteiger charge is -2.09. The minimum atomic E-state index is -0.211. The van der Waals surface area contributed by atoms with Crippen LogP contribution < -0.4 is 16.6 Å². The third-order valence-corrected chi connectivity index (χ3v) is 2.15. The Labute approximate surface area is 91.3 Å². The second-order valence-electron chi connectivity index (χ2n) is 2.64. The van der Waals surface area contributed by atoms with Gasteiger partial charge in [-0.25, -0.2) is 0 Å². The van der Waals surface area contributed by atoms with Gasteiger partial charge < -0.3 is 10.7 Å². The van der Waals surface area contributed by atoms with Crippen LogP contribution >= 0.6 is 23.2 Å². The van der Waals surface area contributed by atoms with Crippen LogP contribution in [0.15, 0.2) is 12.1 Å². The zero-order valence-corrected chi connectivity index (χ0v) is 8.91. The topological polar surface area (TPSA) is 67.2 Å². The van der Waals surface area contributed by atoms with Crippen LogP contribution in [0, 0.1) is 0 Å². The molecule has 4 nitrogen and oxygen atoms in total. The third kappa shape index (κ3) is 2.51. The van der Waals surface area contributed by atoms with E-state index in [2.05, 4.69) is 10.7 Å². The van der Waals surface area contributed by atoms with Crippen LogP contribution in [0.4, 0.5) is 11.4 Å². The first-order chi connectivity index (χ1) is 6.54. The number of hydrogen-bond acceptors (Lipinski definition) is 3. The SMILES string of the molecule is CC(=O)Nc1cc(NN)c(Cl)cc1Cl. The molecule has 1 rings (SSSR count). The number of nitrogen functional groups attached to an aromatic ring is 1. The average Bonchev–Trinajstić information content (AvgIpc) is 2.09. The highest BCUT2D eigenvalue weighted by Gasteiger charge is 2.07. The van der Waals surface area contributed by atoms with Crippen molar-refractivity contribution < 1.29 is 4.79 Å². The van der Waals surface area contributed by atoms with Crippen LogP contribution in [0.2, 0.25) is 10.0 Å². The van der Waals surface area contributed by atoms with Crippen molar-refractivity contribution in [2.75, 3.05) is 10.7 Å². The highest BCUT2D eigenvalue weighted by Crippen LogP contribution is 2.31. The minimum Gasteiger partial charge on any atom is -0.325 e. The number of hydrazine groups is 1. The normalized spacial score (nSPS) is 9.71. The summed E-state index contributed by atoms with van der Waals surface area (Å²) in [7, 11) is 0. The maximum Gasteiger partial charge on any atom is 0.221 e. The molecule has 0 fully saturated rings. The zero-order chi connectivity index (χ0) is 10.7. The molecule has 0 aromatic heterocycles. The van der Waals surface area contributed by atoms with Gasteiger partial charge in [0.15, 0.2) is 0 Å². The average molecular weight is 234 g/mol. The van der Waals surface area contributed by atoms with E-state index in [9.17, 15) is 4.79 Å². The second-order valence-corrected chi connectivity index (χ2v) is 3.45. The van der Waals surface area contributed by atoms with Gasteiger partial charge >= 0.3 is 0 Å². The van der Waals surface area contributed by atoms with Crippen molar-refractivity contribution in [3.05, 3.63) is 22.2 Å². The molecular formula is C8H9Cl2N3O. The molecule has 1 aromatic carbocycles. The molecule has 0 saturated heterocycles. The van der Waals surface area contributed by atoms with E-state index in [-0.39, 0.29) is 5.91 Å². The van der Waals surface area contributed by atoms with Crippen LogP contribution in [0.1, 0.15) is 6.92 Å². The van der Waals surface area contributed by atoms with Crippen LogP contribution in [0.3, 0.4) is 0 Å². The molecule has 0 heterocycles. The predicted molar refractivity (Wildman–Crippen MR) is 58.6 cm³/mol. The Morgan fingerprint density at radius 2 is 1.86 bits per heavy atom. The number of anilines is 2. The summed E-state index contributed by atoms with van der Waals surface area (Å²) in [6.07, 6.45) is 0. The number of nitrogens with one attached hydrogen (secondary N) is 2. The molecule has 0 unspecified atom stereocenters. The highest BCUT2D eigenvalue weighted by molar-refractivity contribution is 6.38. The lowest BCUT2D eigenvalue weighted by molar-refractivity contribution is -0.114. The van der Waals surface area contributed by atoms with E-state index in [1.54, 1.807) is 6.07 Å². The maximum atomic E-state index is 10.8. The van der Waals surface area contributed by atoms with E-state index < -0.39 is 0 Å². The first-order valence-electron chi connectivity index (χ1n) is 3.78. The molecule has 0 aliphatic carbocycles. The summed E-state index contributed by atoms with van der Waals surface area (Å²) in [5.41, 5.74) is 3.36. The van der Waals surface area contributed by atoms with Gasteiger partial charge in [0.25, 0.3) is 0 Å². The third-order valence-electron chi connectivity index (χ3n) is 1.52. The van der Waals surface area contributed by atoms with Gasteiger partial charge in [-0.15, -0.1) is 0 Å². The Hall–Kier alpha value is -0.970. The summed E-state index contributed by atoms with van der Waals surface area (Å²) < 4.78 is 0. The minimum absolute atomic E-state index is 0.211. The molecule has 0 aliphatic rings. The number of carbonyl (C=O) groups is 1. The number of halogens is 2. The number of nitrogens with two attached hydrogens (primary N) is 1. The Morgan fingerprint density at radius 1 is 1.29 bits per heavy atom. The van der Waals surface area contributed by atoms with Gasteiger partial charge in [0.1, 0.15) is 0 Å². The molecule has 1 aromatic rings. The standard InChI is InChI=1S/C8H9Cl2N3O/c1-4(14)12-7-3-8(13-11)6(10)2-5(7)9/h2-3,13H,11H2,1H3,(H,12,14). The van der Waals surface area contributed by atoms with Crippen LogP contribution in [-0.4, -0.2) is 5.91 Å². The summed E-state index contributed by atoms with van der Waals surface area (Å²) in [6, 6.07) is 3.07. The molecule has 76 valence electrons. The van der Waals surface area contributed by atoms with Gasteiger partial charge in [0.05, 0.1) is 21.4 Å². The summed E-state index contributed by atoms with van der Waals surface area (Å²) >= 11 is 11.6. The Balaban J connectivity index is 3.10. The van der Waals surface area contributed by atoms with Crippen LogP contribution in [-0.2, 0) is 4.79 Å². The lowest BCUT2D eigenvalue weighted by atomic mass is 10.2.